The van der Waals surface area contributed by atoms with Crippen LogP contribution in [0.1, 0.15) is 11.4 Å². The molecule has 4 heteroatoms. The molecule has 0 aliphatic carbocycles. The first-order valence-corrected chi connectivity index (χ1v) is 5.98. The fraction of sp³-hybridized carbons (Fsp3) is 0.0714. The number of benzene rings is 2. The molecule has 0 saturated heterocycles. The minimum Gasteiger partial charge on any atom is -0.342 e. The molecule has 0 radical (unpaired) electrons. The number of hydrogen-bond acceptors (Lipinski definition) is 1. The summed E-state index contributed by atoms with van der Waals surface area (Å²) >= 11 is 5.92. The number of para-hydroxylation sites is 1. The average molecular weight is 261 g/mol. The summed E-state index contributed by atoms with van der Waals surface area (Å²) in [5.41, 5.74) is 2.14. The normalized spacial score (nSPS) is 11.0. The molecule has 1 heterocycles. The zero-order chi connectivity index (χ0) is 12.5. The molecule has 90 valence electrons. The van der Waals surface area contributed by atoms with Crippen molar-refractivity contribution < 1.29 is 4.39 Å². The topological polar surface area (TPSA) is 28.7 Å². The van der Waals surface area contributed by atoms with E-state index in [4.69, 9.17) is 11.6 Å². The van der Waals surface area contributed by atoms with E-state index < -0.39 is 0 Å². The van der Waals surface area contributed by atoms with Gasteiger partial charge in [-0.05, 0) is 29.8 Å². The molecule has 1 aromatic heterocycles. The molecule has 0 aliphatic rings. The Morgan fingerprint density at radius 1 is 1.17 bits per heavy atom. The molecule has 0 aliphatic heterocycles. The lowest BCUT2D eigenvalue weighted by Gasteiger charge is -1.98. The van der Waals surface area contributed by atoms with Crippen LogP contribution < -0.4 is 0 Å². The van der Waals surface area contributed by atoms with Crippen molar-refractivity contribution in [2.75, 3.05) is 0 Å². The number of hydrogen-bond donors (Lipinski definition) is 1. The molecule has 0 fully saturated rings. The second-order valence-corrected chi connectivity index (χ2v) is 4.56. The Bertz CT molecular complexity index is 706. The predicted octanol–water partition coefficient (Wildman–Crippen LogP) is 3.95. The Morgan fingerprint density at radius 3 is 2.78 bits per heavy atom. The number of nitrogens with zero attached hydrogens (tertiary/aromatic N) is 1. The van der Waals surface area contributed by atoms with Crippen molar-refractivity contribution in [3.05, 3.63) is 64.7 Å². The minimum absolute atomic E-state index is 0.305. The molecule has 1 N–H and O–H groups in total. The first-order chi connectivity index (χ1) is 8.72. The number of halogens is 2. The molecule has 0 atom stereocenters. The van der Waals surface area contributed by atoms with Crippen molar-refractivity contribution >= 4 is 22.6 Å². The number of H-pyrrole nitrogens is 1. The molecule has 0 amide bonds. The highest BCUT2D eigenvalue weighted by Crippen LogP contribution is 2.18. The van der Waals surface area contributed by atoms with Crippen LogP contribution in [0.3, 0.4) is 0 Å². The molecule has 0 unspecified atom stereocenters. The number of nitrogens with one attached hydrogen (secondary N) is 1. The van der Waals surface area contributed by atoms with Crippen molar-refractivity contribution in [2.45, 2.75) is 6.42 Å². The van der Waals surface area contributed by atoms with Crippen LogP contribution in [0.5, 0.6) is 0 Å². The summed E-state index contributed by atoms with van der Waals surface area (Å²) in [5.74, 6) is 0.429. The molecular weight excluding hydrogens is 251 g/mol. The lowest BCUT2D eigenvalue weighted by atomic mass is 10.1. The summed E-state index contributed by atoms with van der Waals surface area (Å²) < 4.78 is 13.5. The van der Waals surface area contributed by atoms with Gasteiger partial charge in [0, 0.05) is 11.4 Å². The standard InChI is InChI=1S/C14H10ClFN2/c15-10-4-1-3-9(7-10)8-13-17-12-6-2-5-11(16)14(12)18-13/h1-7H,8H2,(H,17,18). The second-order valence-electron chi connectivity index (χ2n) is 4.13. The third-order valence-corrected chi connectivity index (χ3v) is 3.01. The first-order valence-electron chi connectivity index (χ1n) is 5.60. The molecule has 18 heavy (non-hydrogen) atoms. The monoisotopic (exact) mass is 260 g/mol. The third-order valence-electron chi connectivity index (χ3n) is 2.77. The van der Waals surface area contributed by atoms with Crippen LogP contribution in [0.4, 0.5) is 4.39 Å². The van der Waals surface area contributed by atoms with Gasteiger partial charge in [0.2, 0.25) is 0 Å². The number of fused-ring (bicyclic) bond motifs is 1. The summed E-state index contributed by atoms with van der Waals surface area (Å²) in [5, 5.41) is 0.690. The second kappa shape index (κ2) is 4.42. The van der Waals surface area contributed by atoms with Gasteiger partial charge >= 0.3 is 0 Å². The van der Waals surface area contributed by atoms with Crippen LogP contribution in [0.2, 0.25) is 5.02 Å². The summed E-state index contributed by atoms with van der Waals surface area (Å²) in [4.78, 5) is 7.37. The lowest BCUT2D eigenvalue weighted by molar-refractivity contribution is 0.637. The van der Waals surface area contributed by atoms with E-state index in [2.05, 4.69) is 9.97 Å². The Labute approximate surface area is 108 Å². The summed E-state index contributed by atoms with van der Waals surface area (Å²) in [6, 6.07) is 12.4. The van der Waals surface area contributed by atoms with Crippen LogP contribution >= 0.6 is 11.6 Å². The number of aromatic nitrogens is 2. The molecule has 0 bridgehead atoms. The van der Waals surface area contributed by atoms with Gasteiger partial charge in [-0.25, -0.2) is 9.37 Å². The molecule has 3 rings (SSSR count). The fourth-order valence-electron chi connectivity index (χ4n) is 1.97. The number of aromatic amines is 1. The number of rotatable bonds is 2. The Kier molecular flexibility index (Phi) is 2.76. The Morgan fingerprint density at radius 2 is 2.00 bits per heavy atom. The molecular formula is C14H10ClFN2. The predicted molar refractivity (Wildman–Crippen MR) is 70.3 cm³/mol. The zero-order valence-corrected chi connectivity index (χ0v) is 10.2. The first kappa shape index (κ1) is 11.2. The van der Waals surface area contributed by atoms with Crippen molar-refractivity contribution in [3.63, 3.8) is 0 Å². The van der Waals surface area contributed by atoms with E-state index in [0.29, 0.717) is 22.5 Å². The van der Waals surface area contributed by atoms with Crippen LogP contribution in [-0.2, 0) is 6.42 Å². The molecule has 0 saturated carbocycles. The van der Waals surface area contributed by atoms with E-state index in [1.165, 1.54) is 6.07 Å². The lowest BCUT2D eigenvalue weighted by Crippen LogP contribution is -1.90. The minimum atomic E-state index is -0.305. The van der Waals surface area contributed by atoms with Gasteiger partial charge in [0.25, 0.3) is 0 Å². The van der Waals surface area contributed by atoms with E-state index >= 15 is 0 Å². The van der Waals surface area contributed by atoms with E-state index in [9.17, 15) is 4.39 Å². The molecule has 0 spiro atoms. The Hall–Kier alpha value is -1.87. The van der Waals surface area contributed by atoms with Gasteiger partial charge in [-0.1, -0.05) is 29.8 Å². The molecule has 3 aromatic rings. The third kappa shape index (κ3) is 2.09. The summed E-state index contributed by atoms with van der Waals surface area (Å²) in [7, 11) is 0. The van der Waals surface area contributed by atoms with Gasteiger partial charge in [0.1, 0.15) is 11.3 Å². The number of imidazole rings is 1. The Balaban J connectivity index is 1.98. The fourth-order valence-corrected chi connectivity index (χ4v) is 2.19. The van der Waals surface area contributed by atoms with Gasteiger partial charge in [0.15, 0.2) is 5.82 Å². The van der Waals surface area contributed by atoms with Crippen LogP contribution in [0, 0.1) is 5.82 Å². The van der Waals surface area contributed by atoms with Crippen LogP contribution in [0.25, 0.3) is 11.0 Å². The van der Waals surface area contributed by atoms with Crippen molar-refractivity contribution in [1.29, 1.82) is 0 Å². The maximum Gasteiger partial charge on any atom is 0.151 e. The largest absolute Gasteiger partial charge is 0.342 e. The molecule has 2 aromatic carbocycles. The highest BCUT2D eigenvalue weighted by atomic mass is 35.5. The summed E-state index contributed by atoms with van der Waals surface area (Å²) in [6.07, 6.45) is 0.606. The van der Waals surface area contributed by atoms with Gasteiger partial charge in [-0.3, -0.25) is 0 Å². The highest BCUT2D eigenvalue weighted by molar-refractivity contribution is 6.30. The van der Waals surface area contributed by atoms with E-state index in [1.807, 2.05) is 30.3 Å². The van der Waals surface area contributed by atoms with Gasteiger partial charge < -0.3 is 4.98 Å². The van der Waals surface area contributed by atoms with Gasteiger partial charge in [-0.2, -0.15) is 0 Å². The quantitative estimate of drug-likeness (QED) is 0.743. The van der Waals surface area contributed by atoms with E-state index in [-0.39, 0.29) is 5.82 Å². The van der Waals surface area contributed by atoms with Crippen molar-refractivity contribution in [3.8, 4) is 0 Å². The molecule has 2 nitrogen and oxygen atoms in total. The maximum atomic E-state index is 13.5. The summed E-state index contributed by atoms with van der Waals surface area (Å²) in [6.45, 7) is 0. The zero-order valence-electron chi connectivity index (χ0n) is 9.45. The smallest absolute Gasteiger partial charge is 0.151 e. The van der Waals surface area contributed by atoms with Crippen LogP contribution in [-0.4, -0.2) is 9.97 Å². The van der Waals surface area contributed by atoms with Crippen LogP contribution in [0.15, 0.2) is 42.5 Å². The van der Waals surface area contributed by atoms with E-state index in [0.717, 1.165) is 11.4 Å². The van der Waals surface area contributed by atoms with Gasteiger partial charge in [0.05, 0.1) is 5.52 Å². The average Bonchev–Trinajstić information content (AvgIpc) is 2.73. The van der Waals surface area contributed by atoms with Crippen molar-refractivity contribution in [2.24, 2.45) is 0 Å². The maximum absolute atomic E-state index is 13.5. The van der Waals surface area contributed by atoms with Gasteiger partial charge in [-0.15, -0.1) is 0 Å². The van der Waals surface area contributed by atoms with Crippen molar-refractivity contribution in [1.82, 2.24) is 9.97 Å². The van der Waals surface area contributed by atoms with E-state index in [1.54, 1.807) is 6.07 Å². The SMILES string of the molecule is Fc1cccc2[nH]c(Cc3cccc(Cl)c3)nc12. The highest BCUT2D eigenvalue weighted by Gasteiger charge is 2.07.